The van der Waals surface area contributed by atoms with Crippen LogP contribution in [0.5, 0.6) is 0 Å². The monoisotopic (exact) mass is 362 g/mol. The Morgan fingerprint density at radius 3 is 2.48 bits per heavy atom. The van der Waals surface area contributed by atoms with Gasteiger partial charge in [-0.15, -0.1) is 0 Å². The Morgan fingerprint density at radius 1 is 1.38 bits per heavy atom. The molecule has 21 heavy (non-hydrogen) atoms. The Bertz CT molecular complexity index is 634. The number of halogens is 4. The van der Waals surface area contributed by atoms with Gasteiger partial charge in [-0.25, -0.2) is 0 Å². The smallest absolute Gasteiger partial charge is 0.322 e. The zero-order chi connectivity index (χ0) is 15.8. The molecule has 0 saturated heterocycles. The first kappa shape index (κ1) is 16.0. The first-order chi connectivity index (χ1) is 9.70. The molecule has 0 bridgehead atoms. The Labute approximate surface area is 128 Å². The molecule has 1 atom stereocenters. The lowest BCUT2D eigenvalue weighted by atomic mass is 10.1. The number of hydrogen-bond donors (Lipinski definition) is 1. The first-order valence-corrected chi connectivity index (χ1v) is 6.96. The van der Waals surface area contributed by atoms with Gasteiger partial charge < -0.3 is 5.73 Å². The van der Waals surface area contributed by atoms with E-state index < -0.39 is 17.8 Å². The SMILES string of the molecule is Cc1nn(C)c(CC(N)c2ccc(C(F)(F)F)cn2)c1Br. The molecule has 1 unspecified atom stereocenters. The van der Waals surface area contributed by atoms with E-state index >= 15 is 0 Å². The van der Waals surface area contributed by atoms with E-state index in [1.807, 2.05) is 6.92 Å². The maximum absolute atomic E-state index is 12.5. The molecule has 0 radical (unpaired) electrons. The fraction of sp³-hybridized carbons (Fsp3) is 0.385. The molecule has 2 aromatic rings. The largest absolute Gasteiger partial charge is 0.417 e. The third kappa shape index (κ3) is 3.44. The van der Waals surface area contributed by atoms with Crippen molar-refractivity contribution < 1.29 is 13.2 Å². The molecule has 4 nitrogen and oxygen atoms in total. The van der Waals surface area contributed by atoms with Gasteiger partial charge in [0.25, 0.3) is 0 Å². The Morgan fingerprint density at radius 2 is 2.05 bits per heavy atom. The fourth-order valence-electron chi connectivity index (χ4n) is 2.01. The zero-order valence-corrected chi connectivity index (χ0v) is 13.0. The molecule has 2 heterocycles. The molecule has 0 aliphatic carbocycles. The van der Waals surface area contributed by atoms with Gasteiger partial charge in [-0.3, -0.25) is 9.67 Å². The molecular weight excluding hydrogens is 349 g/mol. The van der Waals surface area contributed by atoms with Crippen molar-refractivity contribution >= 4 is 15.9 Å². The molecule has 2 aromatic heterocycles. The van der Waals surface area contributed by atoms with Crippen LogP contribution in [-0.2, 0) is 19.6 Å². The summed E-state index contributed by atoms with van der Waals surface area (Å²) < 4.78 is 40.0. The third-order valence-electron chi connectivity index (χ3n) is 3.17. The Balaban J connectivity index is 2.19. The van der Waals surface area contributed by atoms with Crippen LogP contribution in [0.25, 0.3) is 0 Å². The molecular formula is C13H14BrF3N4. The maximum atomic E-state index is 12.5. The minimum absolute atomic E-state index is 0.411. The summed E-state index contributed by atoms with van der Waals surface area (Å²) in [5.74, 6) is 0. The van der Waals surface area contributed by atoms with E-state index in [-0.39, 0.29) is 0 Å². The van der Waals surface area contributed by atoms with Crippen LogP contribution in [0.1, 0.15) is 28.7 Å². The predicted octanol–water partition coefficient (Wildman–Crippen LogP) is 3.15. The van der Waals surface area contributed by atoms with Gasteiger partial charge >= 0.3 is 6.18 Å². The molecule has 114 valence electrons. The Hall–Kier alpha value is -1.41. The van der Waals surface area contributed by atoms with Crippen molar-refractivity contribution in [3.63, 3.8) is 0 Å². The van der Waals surface area contributed by atoms with E-state index in [4.69, 9.17) is 5.73 Å². The van der Waals surface area contributed by atoms with E-state index in [0.29, 0.717) is 12.1 Å². The summed E-state index contributed by atoms with van der Waals surface area (Å²) >= 11 is 3.43. The van der Waals surface area contributed by atoms with Gasteiger partial charge in [0.1, 0.15) is 0 Å². The van der Waals surface area contributed by atoms with Gasteiger partial charge in [0.05, 0.1) is 33.2 Å². The van der Waals surface area contributed by atoms with E-state index in [1.165, 1.54) is 6.07 Å². The first-order valence-electron chi connectivity index (χ1n) is 6.17. The maximum Gasteiger partial charge on any atom is 0.417 e. The summed E-state index contributed by atoms with van der Waals surface area (Å²) in [5.41, 5.74) is 7.37. The van der Waals surface area contributed by atoms with Gasteiger partial charge in [0.15, 0.2) is 0 Å². The summed E-state index contributed by atoms with van der Waals surface area (Å²) in [4.78, 5) is 3.82. The number of aromatic nitrogens is 3. The number of alkyl halides is 3. The molecule has 2 N–H and O–H groups in total. The quantitative estimate of drug-likeness (QED) is 0.912. The van der Waals surface area contributed by atoms with Crippen LogP contribution in [0.4, 0.5) is 13.2 Å². The van der Waals surface area contributed by atoms with Gasteiger partial charge in [0, 0.05) is 19.7 Å². The number of nitrogens with two attached hydrogens (primary N) is 1. The highest BCUT2D eigenvalue weighted by molar-refractivity contribution is 9.10. The number of nitrogens with zero attached hydrogens (tertiary/aromatic N) is 3. The average molecular weight is 363 g/mol. The number of hydrogen-bond acceptors (Lipinski definition) is 3. The van der Waals surface area contributed by atoms with Crippen molar-refractivity contribution in [2.24, 2.45) is 12.8 Å². The number of rotatable bonds is 3. The minimum atomic E-state index is -4.39. The average Bonchev–Trinajstić information content (AvgIpc) is 2.64. The van der Waals surface area contributed by atoms with E-state index in [1.54, 1.807) is 11.7 Å². The second-order valence-corrected chi connectivity index (χ2v) is 5.54. The lowest BCUT2D eigenvalue weighted by molar-refractivity contribution is -0.137. The molecule has 0 aliphatic heterocycles. The van der Waals surface area contributed by atoms with Gasteiger partial charge in [-0.2, -0.15) is 18.3 Å². The molecule has 0 aromatic carbocycles. The van der Waals surface area contributed by atoms with E-state index in [0.717, 1.165) is 28.1 Å². The van der Waals surface area contributed by atoms with Crippen LogP contribution in [0.2, 0.25) is 0 Å². The van der Waals surface area contributed by atoms with Crippen molar-refractivity contribution in [2.45, 2.75) is 25.6 Å². The van der Waals surface area contributed by atoms with Crippen LogP contribution in [0.15, 0.2) is 22.8 Å². The summed E-state index contributed by atoms with van der Waals surface area (Å²) in [6, 6.07) is 1.80. The molecule has 0 spiro atoms. The molecule has 0 amide bonds. The van der Waals surface area contributed by atoms with Crippen LogP contribution in [0.3, 0.4) is 0 Å². The molecule has 8 heteroatoms. The van der Waals surface area contributed by atoms with Crippen molar-refractivity contribution in [1.82, 2.24) is 14.8 Å². The fourth-order valence-corrected chi connectivity index (χ4v) is 2.50. The minimum Gasteiger partial charge on any atom is -0.322 e. The lowest BCUT2D eigenvalue weighted by Gasteiger charge is -2.13. The normalized spacial score (nSPS) is 13.5. The molecule has 2 rings (SSSR count). The zero-order valence-electron chi connectivity index (χ0n) is 11.4. The summed E-state index contributed by atoms with van der Waals surface area (Å²) in [7, 11) is 1.79. The van der Waals surface area contributed by atoms with Crippen molar-refractivity contribution in [3.8, 4) is 0 Å². The van der Waals surface area contributed by atoms with Crippen LogP contribution >= 0.6 is 15.9 Å². The topological polar surface area (TPSA) is 56.7 Å². The van der Waals surface area contributed by atoms with E-state index in [2.05, 4.69) is 26.0 Å². The molecule has 0 saturated carbocycles. The van der Waals surface area contributed by atoms with Crippen LogP contribution in [-0.4, -0.2) is 14.8 Å². The van der Waals surface area contributed by atoms with Crippen LogP contribution in [0, 0.1) is 6.92 Å². The summed E-state index contributed by atoms with van der Waals surface area (Å²) in [6.45, 7) is 1.86. The van der Waals surface area contributed by atoms with Crippen molar-refractivity contribution in [1.29, 1.82) is 0 Å². The molecule has 0 fully saturated rings. The standard InChI is InChI=1S/C13H14BrF3N4/c1-7-12(14)11(21(2)20-7)5-9(18)10-4-3-8(6-19-10)13(15,16)17/h3-4,6,9H,5,18H2,1-2H3. The highest BCUT2D eigenvalue weighted by Crippen LogP contribution is 2.29. The number of aryl methyl sites for hydroxylation is 2. The van der Waals surface area contributed by atoms with Gasteiger partial charge in [-0.05, 0) is 35.0 Å². The molecule has 0 aliphatic rings. The predicted molar refractivity (Wildman–Crippen MR) is 75.5 cm³/mol. The lowest BCUT2D eigenvalue weighted by Crippen LogP contribution is -2.17. The van der Waals surface area contributed by atoms with Crippen molar-refractivity contribution in [2.75, 3.05) is 0 Å². The number of pyridine rings is 1. The third-order valence-corrected chi connectivity index (χ3v) is 4.20. The van der Waals surface area contributed by atoms with Gasteiger partial charge in [0.2, 0.25) is 0 Å². The van der Waals surface area contributed by atoms with Gasteiger partial charge in [-0.1, -0.05) is 0 Å². The van der Waals surface area contributed by atoms with Crippen LogP contribution < -0.4 is 5.73 Å². The summed E-state index contributed by atoms with van der Waals surface area (Å²) in [6.07, 6.45) is -3.16. The van der Waals surface area contributed by atoms with E-state index in [9.17, 15) is 13.2 Å². The summed E-state index contributed by atoms with van der Waals surface area (Å²) in [5, 5.41) is 4.25. The van der Waals surface area contributed by atoms with Crippen molar-refractivity contribution in [3.05, 3.63) is 45.4 Å². The second kappa shape index (κ2) is 5.76. The highest BCUT2D eigenvalue weighted by Gasteiger charge is 2.30. The second-order valence-electron chi connectivity index (χ2n) is 4.75. The highest BCUT2D eigenvalue weighted by atomic mass is 79.9. The Kier molecular flexibility index (Phi) is 4.38.